The van der Waals surface area contributed by atoms with Gasteiger partial charge in [-0.05, 0) is 24.3 Å². The van der Waals surface area contributed by atoms with E-state index in [-0.39, 0.29) is 12.5 Å². The normalized spacial score (nSPS) is 10.2. The van der Waals surface area contributed by atoms with Crippen LogP contribution >= 0.6 is 11.8 Å². The number of nitrogens with two attached hydrogens (primary N) is 1. The van der Waals surface area contributed by atoms with Crippen molar-refractivity contribution in [1.29, 1.82) is 0 Å². The molecule has 0 unspecified atom stereocenters. The highest BCUT2D eigenvalue weighted by Crippen LogP contribution is 2.17. The minimum atomic E-state index is -0.0283. The summed E-state index contributed by atoms with van der Waals surface area (Å²) in [7, 11) is 0. The molecule has 0 fully saturated rings. The summed E-state index contributed by atoms with van der Waals surface area (Å²) in [5.74, 6) is 1.62. The number of rotatable bonds is 7. The van der Waals surface area contributed by atoms with Gasteiger partial charge in [-0.3, -0.25) is 4.79 Å². The molecule has 94 valence electrons. The van der Waals surface area contributed by atoms with E-state index in [1.54, 1.807) is 23.9 Å². The summed E-state index contributed by atoms with van der Waals surface area (Å²) in [6.07, 6.45) is 1.24. The second kappa shape index (κ2) is 7.97. The van der Waals surface area contributed by atoms with Crippen molar-refractivity contribution in [3.63, 3.8) is 0 Å². The van der Waals surface area contributed by atoms with Gasteiger partial charge in [-0.25, -0.2) is 0 Å². The number of benzene rings is 1. The van der Waals surface area contributed by atoms with E-state index < -0.39 is 0 Å². The Kier molecular flexibility index (Phi) is 6.50. The number of aliphatic hydroxyl groups is 1. The van der Waals surface area contributed by atoms with Crippen LogP contribution in [-0.2, 0) is 4.79 Å². The van der Waals surface area contributed by atoms with Crippen LogP contribution in [0.25, 0.3) is 0 Å². The number of para-hydroxylation sites is 2. The van der Waals surface area contributed by atoms with Gasteiger partial charge < -0.3 is 16.2 Å². The van der Waals surface area contributed by atoms with Crippen molar-refractivity contribution >= 4 is 29.0 Å². The van der Waals surface area contributed by atoms with Crippen molar-refractivity contribution in [2.24, 2.45) is 0 Å². The zero-order chi connectivity index (χ0) is 12.5. The van der Waals surface area contributed by atoms with Crippen molar-refractivity contribution in [2.75, 3.05) is 29.2 Å². The van der Waals surface area contributed by atoms with Gasteiger partial charge in [0.15, 0.2) is 0 Å². The first-order valence-electron chi connectivity index (χ1n) is 5.57. The van der Waals surface area contributed by atoms with Crippen molar-refractivity contribution in [3.05, 3.63) is 24.3 Å². The quantitative estimate of drug-likeness (QED) is 0.511. The summed E-state index contributed by atoms with van der Waals surface area (Å²) in [6.45, 7) is 0.208. The molecule has 0 bridgehead atoms. The zero-order valence-electron chi connectivity index (χ0n) is 9.69. The van der Waals surface area contributed by atoms with E-state index in [1.165, 1.54) is 0 Å². The van der Waals surface area contributed by atoms with Crippen molar-refractivity contribution in [1.82, 2.24) is 0 Å². The molecule has 1 rings (SSSR count). The molecule has 5 heteroatoms. The molecule has 0 aliphatic rings. The molecule has 0 heterocycles. The summed E-state index contributed by atoms with van der Waals surface area (Å²) in [5, 5.41) is 11.4. The summed E-state index contributed by atoms with van der Waals surface area (Å²) in [4.78, 5) is 11.6. The second-order valence-corrected chi connectivity index (χ2v) is 4.80. The lowest BCUT2D eigenvalue weighted by atomic mass is 10.2. The van der Waals surface area contributed by atoms with E-state index in [1.807, 2.05) is 12.1 Å². The highest BCUT2D eigenvalue weighted by Gasteiger charge is 2.04. The monoisotopic (exact) mass is 254 g/mol. The Morgan fingerprint density at radius 3 is 2.82 bits per heavy atom. The molecular weight excluding hydrogens is 236 g/mol. The molecule has 1 aromatic rings. The SMILES string of the molecule is Nc1ccccc1NC(=O)CCSCCCO. The van der Waals surface area contributed by atoms with E-state index in [0.717, 1.165) is 17.9 Å². The third-order valence-corrected chi connectivity index (χ3v) is 3.23. The number of nitrogen functional groups attached to an aromatic ring is 1. The average Bonchev–Trinajstić information content (AvgIpc) is 2.32. The highest BCUT2D eigenvalue weighted by molar-refractivity contribution is 7.99. The molecule has 0 radical (unpaired) electrons. The van der Waals surface area contributed by atoms with Crippen LogP contribution in [-0.4, -0.2) is 29.1 Å². The molecule has 0 atom stereocenters. The Hall–Kier alpha value is -1.20. The fourth-order valence-corrected chi connectivity index (χ4v) is 2.12. The Labute approximate surface area is 106 Å². The standard InChI is InChI=1S/C12H18N2O2S/c13-10-4-1-2-5-11(10)14-12(16)6-9-17-8-3-7-15/h1-2,4-5,15H,3,6-9,13H2,(H,14,16). The third-order valence-electron chi connectivity index (χ3n) is 2.16. The van der Waals surface area contributed by atoms with Crippen LogP contribution in [0.15, 0.2) is 24.3 Å². The predicted octanol–water partition coefficient (Wildman–Crippen LogP) is 1.71. The van der Waals surface area contributed by atoms with E-state index in [2.05, 4.69) is 5.32 Å². The van der Waals surface area contributed by atoms with Gasteiger partial charge in [0, 0.05) is 18.8 Å². The Morgan fingerprint density at radius 1 is 1.35 bits per heavy atom. The number of hydrogen-bond donors (Lipinski definition) is 3. The lowest BCUT2D eigenvalue weighted by Crippen LogP contribution is -2.13. The molecule has 0 saturated heterocycles. The van der Waals surface area contributed by atoms with Crippen LogP contribution in [0.3, 0.4) is 0 Å². The van der Waals surface area contributed by atoms with Crippen molar-refractivity contribution in [3.8, 4) is 0 Å². The molecule has 4 N–H and O–H groups in total. The largest absolute Gasteiger partial charge is 0.397 e. The highest BCUT2D eigenvalue weighted by atomic mass is 32.2. The number of carbonyl (C=O) groups excluding carboxylic acids is 1. The topological polar surface area (TPSA) is 75.3 Å². The van der Waals surface area contributed by atoms with E-state index in [4.69, 9.17) is 10.8 Å². The third kappa shape index (κ3) is 5.60. The summed E-state index contributed by atoms with van der Waals surface area (Å²) < 4.78 is 0. The van der Waals surface area contributed by atoms with Crippen LogP contribution < -0.4 is 11.1 Å². The summed E-state index contributed by atoms with van der Waals surface area (Å²) in [6, 6.07) is 7.20. The number of aliphatic hydroxyl groups excluding tert-OH is 1. The van der Waals surface area contributed by atoms with E-state index >= 15 is 0 Å². The van der Waals surface area contributed by atoms with Gasteiger partial charge in [-0.1, -0.05) is 12.1 Å². The first kappa shape index (κ1) is 13.9. The number of amides is 1. The van der Waals surface area contributed by atoms with Gasteiger partial charge >= 0.3 is 0 Å². The molecule has 0 aliphatic carbocycles. The average molecular weight is 254 g/mol. The van der Waals surface area contributed by atoms with Gasteiger partial charge in [0.25, 0.3) is 0 Å². The Balaban J connectivity index is 2.23. The Morgan fingerprint density at radius 2 is 2.12 bits per heavy atom. The molecular formula is C12H18N2O2S. The first-order valence-corrected chi connectivity index (χ1v) is 6.72. The fraction of sp³-hybridized carbons (Fsp3) is 0.417. The van der Waals surface area contributed by atoms with Gasteiger partial charge in [-0.15, -0.1) is 0 Å². The molecule has 0 spiro atoms. The lowest BCUT2D eigenvalue weighted by molar-refractivity contribution is -0.115. The van der Waals surface area contributed by atoms with Crippen LogP contribution in [0.2, 0.25) is 0 Å². The second-order valence-electron chi connectivity index (χ2n) is 3.57. The van der Waals surface area contributed by atoms with Crippen LogP contribution in [0.1, 0.15) is 12.8 Å². The van der Waals surface area contributed by atoms with Crippen molar-refractivity contribution in [2.45, 2.75) is 12.8 Å². The first-order chi connectivity index (χ1) is 8.24. The molecule has 0 saturated carbocycles. The number of hydrogen-bond acceptors (Lipinski definition) is 4. The van der Waals surface area contributed by atoms with E-state index in [0.29, 0.717) is 17.8 Å². The zero-order valence-corrected chi connectivity index (χ0v) is 10.5. The maximum absolute atomic E-state index is 11.6. The maximum atomic E-state index is 11.6. The minimum absolute atomic E-state index is 0.0283. The smallest absolute Gasteiger partial charge is 0.225 e. The van der Waals surface area contributed by atoms with Crippen molar-refractivity contribution < 1.29 is 9.90 Å². The minimum Gasteiger partial charge on any atom is -0.397 e. The molecule has 4 nitrogen and oxygen atoms in total. The lowest BCUT2D eigenvalue weighted by Gasteiger charge is -2.07. The van der Waals surface area contributed by atoms with Crippen LogP contribution in [0.5, 0.6) is 0 Å². The molecule has 1 aromatic carbocycles. The van der Waals surface area contributed by atoms with Gasteiger partial charge in [0.1, 0.15) is 0 Å². The maximum Gasteiger partial charge on any atom is 0.225 e. The number of anilines is 2. The number of thioether (sulfide) groups is 1. The van der Waals surface area contributed by atoms with Gasteiger partial charge in [-0.2, -0.15) is 11.8 Å². The summed E-state index contributed by atoms with van der Waals surface area (Å²) in [5.41, 5.74) is 6.96. The van der Waals surface area contributed by atoms with Crippen LogP contribution in [0.4, 0.5) is 11.4 Å². The Bertz CT molecular complexity index is 358. The van der Waals surface area contributed by atoms with Gasteiger partial charge in [0.05, 0.1) is 11.4 Å². The molecule has 0 aliphatic heterocycles. The molecule has 17 heavy (non-hydrogen) atoms. The number of carbonyl (C=O) groups is 1. The van der Waals surface area contributed by atoms with Gasteiger partial charge in [0.2, 0.25) is 5.91 Å². The summed E-state index contributed by atoms with van der Waals surface area (Å²) >= 11 is 1.67. The fourth-order valence-electron chi connectivity index (χ4n) is 1.26. The number of nitrogens with one attached hydrogen (secondary N) is 1. The van der Waals surface area contributed by atoms with Crippen LogP contribution in [0, 0.1) is 0 Å². The molecule has 1 amide bonds. The van der Waals surface area contributed by atoms with E-state index in [9.17, 15) is 4.79 Å². The molecule has 0 aromatic heterocycles. The predicted molar refractivity (Wildman–Crippen MR) is 73.1 cm³/mol.